The van der Waals surface area contributed by atoms with Crippen molar-refractivity contribution in [2.24, 2.45) is 0 Å². The van der Waals surface area contributed by atoms with Gasteiger partial charge < -0.3 is 5.73 Å². The van der Waals surface area contributed by atoms with Gasteiger partial charge in [0.2, 0.25) is 0 Å². The van der Waals surface area contributed by atoms with Crippen LogP contribution in [0.5, 0.6) is 0 Å². The molecule has 5 rings (SSSR count). The molecule has 1 aliphatic rings. The molecule has 0 aliphatic heterocycles. The quantitative estimate of drug-likeness (QED) is 0.594. The monoisotopic (exact) mass is 368 g/mol. The van der Waals surface area contributed by atoms with Crippen LogP contribution in [0.4, 0.5) is 5.82 Å². The highest BCUT2D eigenvalue weighted by Crippen LogP contribution is 2.35. The van der Waals surface area contributed by atoms with E-state index in [0.717, 1.165) is 35.1 Å². The number of nitrogens with zero attached hydrogens (tertiary/aromatic N) is 5. The fourth-order valence-electron chi connectivity index (χ4n) is 4.14. The molecule has 0 radical (unpaired) electrons. The Morgan fingerprint density at radius 2 is 1.79 bits per heavy atom. The predicted molar refractivity (Wildman–Crippen MR) is 112 cm³/mol. The van der Waals surface area contributed by atoms with Crippen molar-refractivity contribution in [1.29, 1.82) is 0 Å². The van der Waals surface area contributed by atoms with Crippen LogP contribution in [0.1, 0.15) is 28.4 Å². The Kier molecular flexibility index (Phi) is 3.65. The number of hydrogen-bond donors (Lipinski definition) is 1. The van der Waals surface area contributed by atoms with E-state index in [2.05, 4.69) is 47.4 Å². The first-order chi connectivity index (χ1) is 13.7. The van der Waals surface area contributed by atoms with Gasteiger partial charge in [0.05, 0.1) is 11.7 Å². The minimum Gasteiger partial charge on any atom is -0.383 e. The van der Waals surface area contributed by atoms with Gasteiger partial charge in [-0.15, -0.1) is 0 Å². The van der Waals surface area contributed by atoms with Crippen LogP contribution in [-0.2, 0) is 12.8 Å². The summed E-state index contributed by atoms with van der Waals surface area (Å²) in [6, 6.07) is 10.7. The molecule has 0 saturated carbocycles. The number of hydrogen-bond acceptors (Lipinski definition) is 4. The van der Waals surface area contributed by atoms with E-state index in [9.17, 15) is 0 Å². The average molecular weight is 368 g/mol. The number of anilines is 1. The van der Waals surface area contributed by atoms with Gasteiger partial charge in [0, 0.05) is 6.20 Å². The van der Waals surface area contributed by atoms with Crippen molar-refractivity contribution < 1.29 is 0 Å². The maximum absolute atomic E-state index is 6.26. The molecule has 138 valence electrons. The maximum atomic E-state index is 6.26. The van der Waals surface area contributed by atoms with Crippen molar-refractivity contribution in [3.63, 3.8) is 0 Å². The normalized spacial score (nSPS) is 13.7. The molecule has 1 aromatic carbocycles. The minimum absolute atomic E-state index is 0.199. The lowest BCUT2D eigenvalue weighted by atomic mass is 10.1. The van der Waals surface area contributed by atoms with Crippen LogP contribution in [0, 0.1) is 0 Å². The van der Waals surface area contributed by atoms with Crippen LogP contribution < -0.4 is 5.73 Å². The molecule has 0 fully saturated rings. The largest absolute Gasteiger partial charge is 0.383 e. The summed E-state index contributed by atoms with van der Waals surface area (Å²) in [7, 11) is 0. The van der Waals surface area contributed by atoms with Gasteiger partial charge in [-0.3, -0.25) is 4.57 Å². The summed E-state index contributed by atoms with van der Waals surface area (Å²) in [5, 5.41) is 5.71. The van der Waals surface area contributed by atoms with Gasteiger partial charge >= 0.3 is 0 Å². The average Bonchev–Trinajstić information content (AvgIpc) is 3.41. The van der Waals surface area contributed by atoms with Gasteiger partial charge in [-0.2, -0.15) is 5.10 Å². The highest BCUT2D eigenvalue weighted by molar-refractivity contribution is 5.93. The van der Waals surface area contributed by atoms with Crippen molar-refractivity contribution in [2.45, 2.75) is 18.9 Å². The highest BCUT2D eigenvalue weighted by Gasteiger charge is 2.28. The van der Waals surface area contributed by atoms with Crippen LogP contribution in [0.25, 0.3) is 29.0 Å². The predicted octanol–water partition coefficient (Wildman–Crippen LogP) is 3.83. The zero-order valence-corrected chi connectivity index (χ0v) is 15.4. The lowest BCUT2D eigenvalue weighted by Gasteiger charge is -2.10. The summed E-state index contributed by atoms with van der Waals surface area (Å²) < 4.78 is 3.98. The second-order valence-corrected chi connectivity index (χ2v) is 6.99. The van der Waals surface area contributed by atoms with Crippen molar-refractivity contribution in [3.05, 3.63) is 78.4 Å². The Morgan fingerprint density at radius 1 is 1.04 bits per heavy atom. The molecular weight excluding hydrogens is 348 g/mol. The van der Waals surface area contributed by atoms with E-state index >= 15 is 0 Å². The summed E-state index contributed by atoms with van der Waals surface area (Å²) in [6.45, 7) is 7.83. The number of nitrogens with two attached hydrogens (primary N) is 1. The Morgan fingerprint density at radius 3 is 2.46 bits per heavy atom. The van der Waals surface area contributed by atoms with Gasteiger partial charge in [-0.25, -0.2) is 14.6 Å². The lowest BCUT2D eigenvalue weighted by Crippen LogP contribution is -2.12. The molecule has 0 atom stereocenters. The third-order valence-corrected chi connectivity index (χ3v) is 5.47. The number of benzene rings is 1. The smallest absolute Gasteiger partial charge is 0.172 e. The van der Waals surface area contributed by atoms with E-state index in [4.69, 9.17) is 10.8 Å². The Hall–Kier alpha value is -3.67. The molecule has 6 heteroatoms. The molecule has 6 nitrogen and oxygen atoms in total. The summed E-state index contributed by atoms with van der Waals surface area (Å²) in [5.74, 6) is 1.14. The molecule has 3 heterocycles. The van der Waals surface area contributed by atoms with Crippen LogP contribution >= 0.6 is 0 Å². The second kappa shape index (κ2) is 6.20. The molecule has 28 heavy (non-hydrogen) atoms. The molecule has 0 bridgehead atoms. The summed E-state index contributed by atoms with van der Waals surface area (Å²) >= 11 is 0. The summed E-state index contributed by atoms with van der Waals surface area (Å²) in [4.78, 5) is 8.74. The number of aromatic nitrogens is 5. The van der Waals surface area contributed by atoms with Crippen LogP contribution in [0.15, 0.2) is 56.0 Å². The number of rotatable bonds is 4. The van der Waals surface area contributed by atoms with Crippen LogP contribution in [0.2, 0.25) is 0 Å². The first-order valence-corrected chi connectivity index (χ1v) is 9.23. The highest BCUT2D eigenvalue weighted by atomic mass is 15.4. The van der Waals surface area contributed by atoms with E-state index in [1.807, 2.05) is 21.5 Å². The molecule has 2 N–H and O–H groups in total. The fraction of sp³-hybridized carbons (Fsp3) is 0.136. The van der Waals surface area contributed by atoms with Crippen molar-refractivity contribution in [3.8, 4) is 5.82 Å². The fourth-order valence-corrected chi connectivity index (χ4v) is 4.14. The van der Waals surface area contributed by atoms with Gasteiger partial charge in [-0.05, 0) is 41.7 Å². The number of nitrogen functional groups attached to an aromatic ring is 1. The van der Waals surface area contributed by atoms with E-state index in [1.54, 1.807) is 12.2 Å². The Balaban J connectivity index is 1.72. The Labute approximate surface area is 162 Å². The van der Waals surface area contributed by atoms with E-state index in [1.165, 1.54) is 17.5 Å². The Bertz CT molecular complexity index is 1200. The van der Waals surface area contributed by atoms with E-state index < -0.39 is 0 Å². The van der Waals surface area contributed by atoms with Gasteiger partial charge in [-0.1, -0.05) is 43.5 Å². The lowest BCUT2D eigenvalue weighted by molar-refractivity contribution is 0.485. The first-order valence-electron chi connectivity index (χ1n) is 9.23. The van der Waals surface area contributed by atoms with Gasteiger partial charge in [0.25, 0.3) is 0 Å². The maximum Gasteiger partial charge on any atom is 0.172 e. The molecular formula is C22H20N6. The number of fused-ring (bicyclic) bond motifs is 2. The molecule has 0 unspecified atom stereocenters. The third-order valence-electron chi connectivity index (χ3n) is 5.47. The van der Waals surface area contributed by atoms with E-state index in [0.29, 0.717) is 11.6 Å². The van der Waals surface area contributed by atoms with Crippen molar-refractivity contribution in [2.75, 3.05) is 5.73 Å². The first kappa shape index (κ1) is 16.5. The molecule has 4 aromatic rings. The summed E-state index contributed by atoms with van der Waals surface area (Å²) in [5.41, 5.74) is 11.6. The van der Waals surface area contributed by atoms with Gasteiger partial charge in [0.1, 0.15) is 17.5 Å². The molecule has 0 spiro atoms. The SMILES string of the molecule is C=Cc1ccn(-c2nn(C3Cc4ccccc4C3)c3ncnc(N)c23)c1C=C. The van der Waals surface area contributed by atoms with E-state index in [-0.39, 0.29) is 6.04 Å². The second-order valence-electron chi connectivity index (χ2n) is 6.99. The molecule has 1 aliphatic carbocycles. The summed E-state index contributed by atoms with van der Waals surface area (Å²) in [6.07, 6.45) is 8.91. The van der Waals surface area contributed by atoms with Crippen LogP contribution in [0.3, 0.4) is 0 Å². The zero-order valence-electron chi connectivity index (χ0n) is 15.4. The molecule has 3 aromatic heterocycles. The zero-order chi connectivity index (χ0) is 19.3. The topological polar surface area (TPSA) is 74.5 Å². The van der Waals surface area contributed by atoms with Crippen molar-refractivity contribution >= 4 is 29.0 Å². The minimum atomic E-state index is 0.199. The van der Waals surface area contributed by atoms with Crippen LogP contribution in [-0.4, -0.2) is 24.3 Å². The third kappa shape index (κ3) is 2.31. The van der Waals surface area contributed by atoms with Gasteiger partial charge in [0.15, 0.2) is 11.5 Å². The van der Waals surface area contributed by atoms with Crippen molar-refractivity contribution in [1.82, 2.24) is 24.3 Å². The standard InChI is InChI=1S/C22H20N6/c1-3-14-9-10-27(18(14)4-2)22-19-20(23)24-13-25-21(19)28(26-22)17-11-15-7-5-6-8-16(15)12-17/h3-10,13,17H,1-2,11-12H2,(H2,23,24,25). The molecule has 0 amide bonds. The molecule has 0 saturated heterocycles.